The lowest BCUT2D eigenvalue weighted by atomic mass is 9.75. The Morgan fingerprint density at radius 3 is 2.62 bits per heavy atom. The van der Waals surface area contributed by atoms with Crippen molar-refractivity contribution >= 4 is 5.91 Å². The van der Waals surface area contributed by atoms with Gasteiger partial charge in [0.15, 0.2) is 0 Å². The first-order chi connectivity index (χ1) is 7.27. The molecule has 3 nitrogen and oxygen atoms in total. The lowest BCUT2D eigenvalue weighted by Crippen LogP contribution is -2.48. The molecule has 16 heavy (non-hydrogen) atoms. The van der Waals surface area contributed by atoms with E-state index in [4.69, 9.17) is 5.73 Å². The van der Waals surface area contributed by atoms with Gasteiger partial charge < -0.3 is 11.1 Å². The molecule has 0 aromatic carbocycles. The predicted octanol–water partition coefficient (Wildman–Crippen LogP) is 2.06. The molecule has 1 aliphatic carbocycles. The van der Waals surface area contributed by atoms with Gasteiger partial charge in [0.05, 0.1) is 5.41 Å². The van der Waals surface area contributed by atoms with Crippen LogP contribution in [0, 0.1) is 10.8 Å². The van der Waals surface area contributed by atoms with Crippen molar-refractivity contribution in [3.05, 3.63) is 0 Å². The molecule has 1 atom stereocenters. The van der Waals surface area contributed by atoms with Gasteiger partial charge in [-0.15, -0.1) is 0 Å². The molecule has 1 saturated carbocycles. The van der Waals surface area contributed by atoms with Crippen molar-refractivity contribution in [1.82, 2.24) is 5.32 Å². The molecule has 0 spiro atoms. The van der Waals surface area contributed by atoms with Crippen molar-refractivity contribution in [3.8, 4) is 0 Å². The van der Waals surface area contributed by atoms with E-state index in [1.54, 1.807) is 0 Å². The Morgan fingerprint density at radius 1 is 1.50 bits per heavy atom. The normalized spacial score (nSPS) is 25.2. The van der Waals surface area contributed by atoms with Crippen molar-refractivity contribution in [2.24, 2.45) is 16.6 Å². The average Bonchev–Trinajstić information content (AvgIpc) is 2.16. The van der Waals surface area contributed by atoms with Gasteiger partial charge >= 0.3 is 0 Å². The number of carbonyl (C=O) groups excluding carboxylic acids is 1. The molecule has 1 unspecified atom stereocenters. The highest BCUT2D eigenvalue weighted by atomic mass is 16.2. The summed E-state index contributed by atoms with van der Waals surface area (Å²) >= 11 is 0. The van der Waals surface area contributed by atoms with E-state index in [1.165, 1.54) is 12.8 Å². The minimum Gasteiger partial charge on any atom is -0.353 e. The molecule has 1 amide bonds. The topological polar surface area (TPSA) is 55.1 Å². The monoisotopic (exact) mass is 226 g/mol. The molecule has 0 bridgehead atoms. The largest absolute Gasteiger partial charge is 0.353 e. The van der Waals surface area contributed by atoms with E-state index in [1.807, 2.05) is 13.8 Å². The minimum absolute atomic E-state index is 0.0951. The second-order valence-electron chi connectivity index (χ2n) is 6.52. The Balaban J connectivity index is 2.52. The second kappa shape index (κ2) is 4.74. The first-order valence-electron chi connectivity index (χ1n) is 6.28. The number of amides is 1. The van der Waals surface area contributed by atoms with Gasteiger partial charge in [0.2, 0.25) is 5.91 Å². The fraction of sp³-hybridized carbons (Fsp3) is 0.923. The minimum atomic E-state index is -0.443. The van der Waals surface area contributed by atoms with Gasteiger partial charge in [-0.1, -0.05) is 20.3 Å². The Bertz CT molecular complexity index is 259. The van der Waals surface area contributed by atoms with Crippen LogP contribution in [0.3, 0.4) is 0 Å². The molecular formula is C13H26N2O. The van der Waals surface area contributed by atoms with Crippen LogP contribution in [0.5, 0.6) is 0 Å². The number of nitrogens with one attached hydrogen (secondary N) is 1. The second-order valence-corrected chi connectivity index (χ2v) is 6.52. The molecule has 0 aliphatic heterocycles. The summed E-state index contributed by atoms with van der Waals surface area (Å²) in [6, 6.07) is 0.335. The summed E-state index contributed by atoms with van der Waals surface area (Å²) < 4.78 is 0. The fourth-order valence-corrected chi connectivity index (χ4v) is 2.29. The molecule has 1 rings (SSSR count). The van der Waals surface area contributed by atoms with Crippen molar-refractivity contribution < 1.29 is 4.79 Å². The molecule has 3 N–H and O–H groups in total. The van der Waals surface area contributed by atoms with E-state index in [0.717, 1.165) is 12.8 Å². The van der Waals surface area contributed by atoms with Crippen LogP contribution in [0.4, 0.5) is 0 Å². The highest BCUT2D eigenvalue weighted by molar-refractivity contribution is 5.82. The van der Waals surface area contributed by atoms with Gasteiger partial charge in [0.1, 0.15) is 0 Å². The van der Waals surface area contributed by atoms with Gasteiger partial charge in [-0.05, 0) is 38.5 Å². The molecule has 0 aromatic rings. The van der Waals surface area contributed by atoms with Crippen molar-refractivity contribution in [3.63, 3.8) is 0 Å². The molecule has 0 heterocycles. The predicted molar refractivity (Wildman–Crippen MR) is 67.0 cm³/mol. The van der Waals surface area contributed by atoms with Crippen LogP contribution in [0.15, 0.2) is 0 Å². The third-order valence-corrected chi connectivity index (χ3v) is 3.67. The Morgan fingerprint density at radius 2 is 2.12 bits per heavy atom. The maximum absolute atomic E-state index is 12.0. The third kappa shape index (κ3) is 3.48. The fourth-order valence-electron chi connectivity index (χ4n) is 2.29. The number of nitrogens with two attached hydrogens (primary N) is 1. The third-order valence-electron chi connectivity index (χ3n) is 3.67. The van der Waals surface area contributed by atoms with Crippen LogP contribution in [0.1, 0.15) is 53.4 Å². The van der Waals surface area contributed by atoms with E-state index in [-0.39, 0.29) is 5.91 Å². The standard InChI is InChI=1S/C13H26N2O/c1-12(2)7-5-6-10(8-12)15-11(16)13(3,4)9-14/h10H,5-9,14H2,1-4H3,(H,15,16). The Labute approximate surface area is 99.2 Å². The van der Waals surface area contributed by atoms with Crippen LogP contribution in [0.25, 0.3) is 0 Å². The summed E-state index contributed by atoms with van der Waals surface area (Å²) in [5, 5.41) is 3.15. The average molecular weight is 226 g/mol. The van der Waals surface area contributed by atoms with Gasteiger partial charge in [-0.2, -0.15) is 0 Å². The van der Waals surface area contributed by atoms with E-state index in [9.17, 15) is 4.79 Å². The van der Waals surface area contributed by atoms with Crippen LogP contribution in [0.2, 0.25) is 0 Å². The van der Waals surface area contributed by atoms with E-state index in [0.29, 0.717) is 18.0 Å². The zero-order chi connectivity index (χ0) is 12.4. The van der Waals surface area contributed by atoms with Gasteiger partial charge in [-0.3, -0.25) is 4.79 Å². The number of hydrogen-bond donors (Lipinski definition) is 2. The summed E-state index contributed by atoms with van der Waals surface area (Å²) in [5.41, 5.74) is 5.53. The van der Waals surface area contributed by atoms with Crippen molar-refractivity contribution in [2.75, 3.05) is 6.54 Å². The maximum atomic E-state index is 12.0. The van der Waals surface area contributed by atoms with Crippen LogP contribution in [-0.2, 0) is 4.79 Å². The SMILES string of the molecule is CC1(C)CCCC(NC(=O)C(C)(C)CN)C1. The Hall–Kier alpha value is -0.570. The molecule has 0 saturated heterocycles. The van der Waals surface area contributed by atoms with E-state index < -0.39 is 5.41 Å². The summed E-state index contributed by atoms with van der Waals surface area (Å²) in [6.45, 7) is 8.75. The molecule has 1 aliphatic rings. The number of hydrogen-bond acceptors (Lipinski definition) is 2. The smallest absolute Gasteiger partial charge is 0.227 e. The molecule has 3 heteroatoms. The molecular weight excluding hydrogens is 200 g/mol. The first-order valence-corrected chi connectivity index (χ1v) is 6.28. The molecule has 1 fully saturated rings. The van der Waals surface area contributed by atoms with Gasteiger partial charge in [0.25, 0.3) is 0 Å². The maximum Gasteiger partial charge on any atom is 0.227 e. The lowest BCUT2D eigenvalue weighted by molar-refractivity contribution is -0.130. The molecule has 0 aromatic heterocycles. The zero-order valence-corrected chi connectivity index (χ0v) is 11.1. The van der Waals surface area contributed by atoms with E-state index >= 15 is 0 Å². The van der Waals surface area contributed by atoms with Crippen LogP contribution >= 0.6 is 0 Å². The molecule has 94 valence electrons. The highest BCUT2D eigenvalue weighted by Crippen LogP contribution is 2.35. The zero-order valence-electron chi connectivity index (χ0n) is 11.1. The van der Waals surface area contributed by atoms with Crippen LogP contribution < -0.4 is 11.1 Å². The Kier molecular flexibility index (Phi) is 4.00. The summed E-state index contributed by atoms with van der Waals surface area (Å²) in [6.07, 6.45) is 4.66. The van der Waals surface area contributed by atoms with Crippen molar-refractivity contribution in [2.45, 2.75) is 59.4 Å². The first kappa shape index (κ1) is 13.5. The lowest BCUT2D eigenvalue weighted by Gasteiger charge is -2.37. The quantitative estimate of drug-likeness (QED) is 0.774. The van der Waals surface area contributed by atoms with Gasteiger partial charge in [-0.25, -0.2) is 0 Å². The summed E-state index contributed by atoms with van der Waals surface area (Å²) in [7, 11) is 0. The van der Waals surface area contributed by atoms with Crippen molar-refractivity contribution in [1.29, 1.82) is 0 Å². The summed E-state index contributed by atoms with van der Waals surface area (Å²) in [5.74, 6) is 0.0951. The number of rotatable bonds is 3. The highest BCUT2D eigenvalue weighted by Gasteiger charge is 2.32. The number of carbonyl (C=O) groups is 1. The van der Waals surface area contributed by atoms with Gasteiger partial charge in [0, 0.05) is 12.6 Å². The van der Waals surface area contributed by atoms with Crippen LogP contribution in [-0.4, -0.2) is 18.5 Å². The van der Waals surface area contributed by atoms with E-state index in [2.05, 4.69) is 19.2 Å². The molecule has 0 radical (unpaired) electrons. The summed E-state index contributed by atoms with van der Waals surface area (Å²) in [4.78, 5) is 12.0.